The Kier molecular flexibility index (Phi) is 3.12. The molecule has 0 aromatic rings. The van der Waals surface area contributed by atoms with Crippen molar-refractivity contribution in [2.24, 2.45) is 5.92 Å². The highest BCUT2D eigenvalue weighted by atomic mass is 32.1. The van der Waals surface area contributed by atoms with Gasteiger partial charge in [-0.25, -0.2) is 4.79 Å². The summed E-state index contributed by atoms with van der Waals surface area (Å²) < 4.78 is 5.43. The molecule has 3 unspecified atom stereocenters. The molecule has 1 saturated carbocycles. The minimum Gasteiger partial charge on any atom is -0.444 e. The summed E-state index contributed by atoms with van der Waals surface area (Å²) >= 11 is 4.54. The Bertz CT molecular complexity index is 287. The third-order valence-corrected chi connectivity index (χ3v) is 3.70. The van der Waals surface area contributed by atoms with Crippen molar-refractivity contribution in [1.29, 1.82) is 0 Å². The van der Waals surface area contributed by atoms with E-state index in [0.717, 1.165) is 25.8 Å². The van der Waals surface area contributed by atoms with E-state index in [4.69, 9.17) is 4.74 Å². The van der Waals surface area contributed by atoms with Crippen molar-refractivity contribution in [2.45, 2.75) is 56.9 Å². The molecule has 0 N–H and O–H groups in total. The number of carbonyl (C=O) groups is 1. The molecule has 3 atom stereocenters. The lowest BCUT2D eigenvalue weighted by Crippen LogP contribution is -2.40. The number of thiol groups is 1. The summed E-state index contributed by atoms with van der Waals surface area (Å²) in [6.45, 7) is 6.59. The summed E-state index contributed by atoms with van der Waals surface area (Å²) in [5.74, 6) is 0.633. The van der Waals surface area contributed by atoms with Gasteiger partial charge in [0.25, 0.3) is 0 Å². The second-order valence-corrected chi connectivity index (χ2v) is 6.74. The second kappa shape index (κ2) is 4.13. The van der Waals surface area contributed by atoms with E-state index >= 15 is 0 Å². The molecule has 2 fully saturated rings. The zero-order chi connectivity index (χ0) is 11.9. The van der Waals surface area contributed by atoms with Crippen LogP contribution >= 0.6 is 12.6 Å². The first-order valence-corrected chi connectivity index (χ1v) is 6.54. The molecule has 4 heteroatoms. The minimum absolute atomic E-state index is 0.151. The number of hydrogen-bond donors (Lipinski definition) is 1. The van der Waals surface area contributed by atoms with Gasteiger partial charge in [-0.3, -0.25) is 0 Å². The van der Waals surface area contributed by atoms with Crippen LogP contribution in [0.4, 0.5) is 4.79 Å². The summed E-state index contributed by atoms with van der Waals surface area (Å²) in [5.41, 5.74) is -0.395. The summed E-state index contributed by atoms with van der Waals surface area (Å²) in [5, 5.41) is 0.455. The molecule has 0 aromatic heterocycles. The highest BCUT2D eigenvalue weighted by Gasteiger charge is 2.41. The molecule has 3 nitrogen and oxygen atoms in total. The zero-order valence-electron chi connectivity index (χ0n) is 10.3. The Hall–Kier alpha value is -0.380. The number of nitrogens with zero attached hydrogens (tertiary/aromatic N) is 1. The smallest absolute Gasteiger partial charge is 0.410 e. The first-order valence-electron chi connectivity index (χ1n) is 6.03. The Morgan fingerprint density at radius 1 is 1.31 bits per heavy atom. The van der Waals surface area contributed by atoms with E-state index in [1.807, 2.05) is 25.7 Å². The van der Waals surface area contributed by atoms with E-state index in [-0.39, 0.29) is 6.09 Å². The van der Waals surface area contributed by atoms with Crippen LogP contribution in [0.5, 0.6) is 0 Å². The van der Waals surface area contributed by atoms with E-state index < -0.39 is 5.60 Å². The predicted octanol–water partition coefficient (Wildman–Crippen LogP) is 2.70. The van der Waals surface area contributed by atoms with Crippen molar-refractivity contribution in [3.05, 3.63) is 0 Å². The monoisotopic (exact) mass is 243 g/mol. The third kappa shape index (κ3) is 2.65. The van der Waals surface area contributed by atoms with Crippen LogP contribution in [-0.2, 0) is 4.74 Å². The van der Waals surface area contributed by atoms with E-state index in [1.54, 1.807) is 0 Å². The van der Waals surface area contributed by atoms with Gasteiger partial charge in [0.2, 0.25) is 0 Å². The van der Waals surface area contributed by atoms with Crippen molar-refractivity contribution in [3.63, 3.8) is 0 Å². The molecule has 0 radical (unpaired) electrons. The van der Waals surface area contributed by atoms with Crippen LogP contribution in [-0.4, -0.2) is 34.4 Å². The maximum atomic E-state index is 12.0. The Morgan fingerprint density at radius 2 is 2.00 bits per heavy atom. The van der Waals surface area contributed by atoms with E-state index in [9.17, 15) is 4.79 Å². The van der Waals surface area contributed by atoms with Gasteiger partial charge in [0, 0.05) is 17.8 Å². The van der Waals surface area contributed by atoms with Gasteiger partial charge in [0.15, 0.2) is 0 Å². The molecule has 2 aliphatic rings. The summed E-state index contributed by atoms with van der Waals surface area (Å²) in [6.07, 6.45) is 3.14. The molecule has 2 rings (SSSR count). The Morgan fingerprint density at radius 3 is 2.62 bits per heavy atom. The fourth-order valence-electron chi connectivity index (χ4n) is 2.75. The van der Waals surface area contributed by atoms with E-state index in [0.29, 0.717) is 17.2 Å². The highest BCUT2D eigenvalue weighted by molar-refractivity contribution is 7.80. The van der Waals surface area contributed by atoms with Crippen molar-refractivity contribution < 1.29 is 9.53 Å². The molecule has 1 amide bonds. The third-order valence-electron chi connectivity index (χ3n) is 3.28. The van der Waals surface area contributed by atoms with E-state index in [2.05, 4.69) is 12.6 Å². The number of amides is 1. The number of likely N-dealkylation sites (tertiary alicyclic amines) is 1. The molecule has 1 aliphatic carbocycles. The molecule has 1 saturated heterocycles. The quantitative estimate of drug-likeness (QED) is 0.663. The molecule has 2 bridgehead atoms. The average Bonchev–Trinajstić information content (AvgIpc) is 2.38. The normalized spacial score (nSPS) is 34.0. The predicted molar refractivity (Wildman–Crippen MR) is 66.8 cm³/mol. The second-order valence-electron chi connectivity index (χ2n) is 6.01. The van der Waals surface area contributed by atoms with Crippen LogP contribution in [0, 0.1) is 5.92 Å². The van der Waals surface area contributed by atoms with Gasteiger partial charge in [-0.2, -0.15) is 12.6 Å². The van der Waals surface area contributed by atoms with Gasteiger partial charge in [-0.1, -0.05) is 0 Å². The maximum absolute atomic E-state index is 12.0. The van der Waals surface area contributed by atoms with Crippen LogP contribution in [0.1, 0.15) is 40.0 Å². The molecule has 92 valence electrons. The van der Waals surface area contributed by atoms with Gasteiger partial charge in [0.05, 0.1) is 0 Å². The van der Waals surface area contributed by atoms with Gasteiger partial charge < -0.3 is 9.64 Å². The summed E-state index contributed by atoms with van der Waals surface area (Å²) in [4.78, 5) is 13.9. The Labute approximate surface area is 103 Å². The van der Waals surface area contributed by atoms with Crippen LogP contribution in [0.3, 0.4) is 0 Å². The minimum atomic E-state index is -0.395. The number of carbonyl (C=O) groups excluding carboxylic acids is 1. The SMILES string of the molecule is CC(C)(C)OC(=O)N1CC2CC(S)CC1C2. The summed E-state index contributed by atoms with van der Waals surface area (Å²) in [7, 11) is 0. The zero-order valence-corrected chi connectivity index (χ0v) is 11.2. The number of fused-ring (bicyclic) bond motifs is 2. The molecular weight excluding hydrogens is 222 g/mol. The van der Waals surface area contributed by atoms with Crippen molar-refractivity contribution in [3.8, 4) is 0 Å². The van der Waals surface area contributed by atoms with Crippen LogP contribution in [0.15, 0.2) is 0 Å². The largest absolute Gasteiger partial charge is 0.444 e. The van der Waals surface area contributed by atoms with Crippen LogP contribution in [0.25, 0.3) is 0 Å². The molecule has 16 heavy (non-hydrogen) atoms. The van der Waals surface area contributed by atoms with Crippen LogP contribution in [0.2, 0.25) is 0 Å². The molecule has 0 aromatic carbocycles. The fraction of sp³-hybridized carbons (Fsp3) is 0.917. The van der Waals surface area contributed by atoms with E-state index in [1.165, 1.54) is 0 Å². The van der Waals surface area contributed by atoms with Gasteiger partial charge in [-0.15, -0.1) is 0 Å². The van der Waals surface area contributed by atoms with Gasteiger partial charge in [-0.05, 0) is 46.0 Å². The average molecular weight is 243 g/mol. The topological polar surface area (TPSA) is 29.5 Å². The number of ether oxygens (including phenoxy) is 1. The molecule has 0 spiro atoms. The molecule has 1 heterocycles. The first kappa shape index (κ1) is 12.1. The van der Waals surface area contributed by atoms with Gasteiger partial charge >= 0.3 is 6.09 Å². The van der Waals surface area contributed by atoms with Crippen molar-refractivity contribution in [1.82, 2.24) is 4.90 Å². The van der Waals surface area contributed by atoms with Crippen LogP contribution < -0.4 is 0 Å². The highest BCUT2D eigenvalue weighted by Crippen LogP contribution is 2.38. The van der Waals surface area contributed by atoms with Gasteiger partial charge in [0.1, 0.15) is 5.60 Å². The van der Waals surface area contributed by atoms with Crippen molar-refractivity contribution in [2.75, 3.05) is 6.54 Å². The standard InChI is InChI=1S/C12H21NO2S/c1-12(2,3)15-11(14)13-7-8-4-9(13)6-10(16)5-8/h8-10,16H,4-7H2,1-3H3. The summed E-state index contributed by atoms with van der Waals surface area (Å²) in [6, 6.07) is 0.357. The Balaban J connectivity index is 1.98. The maximum Gasteiger partial charge on any atom is 0.410 e. The molecular formula is C12H21NO2S. The lowest BCUT2D eigenvalue weighted by molar-refractivity contribution is 0.0224. The number of rotatable bonds is 0. The molecule has 1 aliphatic heterocycles. The number of hydrogen-bond acceptors (Lipinski definition) is 3. The fourth-order valence-corrected chi connectivity index (χ4v) is 3.29. The first-order chi connectivity index (χ1) is 7.35. The van der Waals surface area contributed by atoms with Crippen molar-refractivity contribution >= 4 is 18.7 Å². The lowest BCUT2D eigenvalue weighted by atomic mass is 9.90. The lowest BCUT2D eigenvalue weighted by Gasteiger charge is -2.29.